The van der Waals surface area contributed by atoms with Gasteiger partial charge >= 0.3 is 0 Å². The summed E-state index contributed by atoms with van der Waals surface area (Å²) < 4.78 is 0. The number of rotatable bonds is 5. The van der Waals surface area contributed by atoms with Gasteiger partial charge in [0.25, 0.3) is 0 Å². The molecule has 0 spiro atoms. The molecule has 1 radical (unpaired) electrons. The topological polar surface area (TPSA) is 127 Å². The van der Waals surface area contributed by atoms with Gasteiger partial charge in [-0.15, -0.1) is 0 Å². The van der Waals surface area contributed by atoms with Crippen molar-refractivity contribution in [3.63, 3.8) is 0 Å². The van der Waals surface area contributed by atoms with Crippen molar-refractivity contribution in [1.82, 2.24) is 15.3 Å². The third-order valence-corrected chi connectivity index (χ3v) is 4.01. The first-order valence-electron chi connectivity index (χ1n) is 7.35. The van der Waals surface area contributed by atoms with Crippen LogP contribution in [-0.2, 0) is 22.4 Å². The van der Waals surface area contributed by atoms with Crippen molar-refractivity contribution in [2.75, 3.05) is 12.3 Å². The van der Waals surface area contributed by atoms with Crippen LogP contribution in [0.1, 0.15) is 22.7 Å². The van der Waals surface area contributed by atoms with Crippen LogP contribution in [0.25, 0.3) is 0 Å². The number of hydrogen-bond acceptors (Lipinski definition) is 4. The van der Waals surface area contributed by atoms with Crippen molar-refractivity contribution in [2.24, 2.45) is 5.73 Å². The molecule has 2 amide bonds. The first-order valence-corrected chi connectivity index (χ1v) is 7.35. The highest BCUT2D eigenvalue weighted by molar-refractivity contribution is 6.01. The van der Waals surface area contributed by atoms with E-state index in [9.17, 15) is 9.59 Å². The predicted molar refractivity (Wildman–Crippen MR) is 85.0 cm³/mol. The van der Waals surface area contributed by atoms with E-state index in [0.717, 1.165) is 16.8 Å². The number of anilines is 1. The number of imidazole rings is 1. The van der Waals surface area contributed by atoms with Crippen molar-refractivity contribution < 1.29 is 9.59 Å². The van der Waals surface area contributed by atoms with E-state index in [0.29, 0.717) is 31.0 Å². The number of benzene rings is 1. The summed E-state index contributed by atoms with van der Waals surface area (Å²) in [5.41, 5.74) is 14.4. The monoisotopic (exact) mass is 312 g/mol. The van der Waals surface area contributed by atoms with E-state index >= 15 is 0 Å². The van der Waals surface area contributed by atoms with E-state index in [-0.39, 0.29) is 5.91 Å². The number of H-pyrrole nitrogens is 1. The first kappa shape index (κ1) is 15.1. The highest BCUT2D eigenvalue weighted by atomic mass is 16.2. The molecule has 1 unspecified atom stereocenters. The van der Waals surface area contributed by atoms with Gasteiger partial charge in [0.05, 0.1) is 23.9 Å². The van der Waals surface area contributed by atoms with E-state index in [1.807, 2.05) is 0 Å². The predicted octanol–water partition coefficient (Wildman–Crippen LogP) is 0.0503. The van der Waals surface area contributed by atoms with E-state index in [4.69, 9.17) is 11.5 Å². The maximum absolute atomic E-state index is 12.4. The van der Waals surface area contributed by atoms with E-state index < -0.39 is 11.8 Å². The Morgan fingerprint density at radius 2 is 2.22 bits per heavy atom. The Labute approximate surface area is 133 Å². The molecule has 1 atom stereocenters. The van der Waals surface area contributed by atoms with Crippen molar-refractivity contribution in [3.8, 4) is 0 Å². The number of amides is 2. The van der Waals surface area contributed by atoms with Gasteiger partial charge in [-0.1, -0.05) is 6.07 Å². The van der Waals surface area contributed by atoms with Gasteiger partial charge in [0, 0.05) is 24.8 Å². The molecular weight excluding hydrogens is 294 g/mol. The lowest BCUT2D eigenvalue weighted by atomic mass is 9.91. The Kier molecular flexibility index (Phi) is 4.01. The second-order valence-electron chi connectivity index (χ2n) is 5.56. The fourth-order valence-electron chi connectivity index (χ4n) is 2.94. The molecule has 0 aliphatic heterocycles. The molecule has 1 aliphatic rings. The number of nitrogen functional groups attached to an aromatic ring is 1. The standard InChI is InChI=1S/C16H18N5O2/c17-10-1-2-12-9(5-10)6-13(14(12)15(18)22)16(23)20-4-3-11-7-19-8-21-11/h1-2,5,7-8,14H,3-4,6,17H2,(H2,18,22)(H,19,21)(H,20,23). The van der Waals surface area contributed by atoms with E-state index in [1.54, 1.807) is 30.7 Å². The summed E-state index contributed by atoms with van der Waals surface area (Å²) in [6.07, 6.45) is 4.37. The number of nitrogens with zero attached hydrogens (tertiary/aromatic N) is 1. The summed E-state index contributed by atoms with van der Waals surface area (Å²) in [6, 6.07) is 5.27. The smallest absolute Gasteiger partial charge is 0.228 e. The minimum atomic E-state index is -0.684. The van der Waals surface area contributed by atoms with Gasteiger partial charge < -0.3 is 21.8 Å². The van der Waals surface area contributed by atoms with Gasteiger partial charge in [0.2, 0.25) is 11.8 Å². The maximum atomic E-state index is 12.4. The zero-order chi connectivity index (χ0) is 16.4. The number of fused-ring (bicyclic) bond motifs is 1. The zero-order valence-corrected chi connectivity index (χ0v) is 12.5. The molecule has 7 nitrogen and oxygen atoms in total. The van der Waals surface area contributed by atoms with Crippen molar-refractivity contribution >= 4 is 17.5 Å². The molecule has 3 rings (SSSR count). The lowest BCUT2D eigenvalue weighted by molar-refractivity contribution is -0.124. The molecule has 23 heavy (non-hydrogen) atoms. The lowest BCUT2D eigenvalue weighted by Crippen LogP contribution is -2.36. The number of aromatic amines is 1. The fourth-order valence-corrected chi connectivity index (χ4v) is 2.94. The van der Waals surface area contributed by atoms with Crippen LogP contribution in [0.5, 0.6) is 0 Å². The number of primary amides is 1. The summed E-state index contributed by atoms with van der Waals surface area (Å²) in [5, 5.41) is 2.83. The SMILES string of the molecule is NC(=O)C1[C](C(=O)NCCc2c[nH]cn2)Cc2cc(N)ccc21. The number of nitrogens with one attached hydrogen (secondary N) is 2. The summed E-state index contributed by atoms with van der Waals surface area (Å²) in [4.78, 5) is 31.2. The highest BCUT2D eigenvalue weighted by Crippen LogP contribution is 2.40. The minimum absolute atomic E-state index is 0.251. The fraction of sp³-hybridized carbons (Fsp3) is 0.250. The Morgan fingerprint density at radius 1 is 1.39 bits per heavy atom. The molecule has 0 fully saturated rings. The van der Waals surface area contributed by atoms with Crippen LogP contribution in [0, 0.1) is 5.92 Å². The largest absolute Gasteiger partial charge is 0.399 e. The molecule has 7 heteroatoms. The lowest BCUT2D eigenvalue weighted by Gasteiger charge is -2.16. The highest BCUT2D eigenvalue weighted by Gasteiger charge is 2.41. The molecule has 2 aromatic rings. The van der Waals surface area contributed by atoms with Crippen LogP contribution in [0.2, 0.25) is 0 Å². The Bertz CT molecular complexity index is 726. The van der Waals surface area contributed by atoms with Crippen LogP contribution in [0.15, 0.2) is 30.7 Å². The molecule has 0 saturated heterocycles. The number of carbonyl (C=O) groups is 2. The van der Waals surface area contributed by atoms with Gasteiger partial charge in [-0.2, -0.15) is 0 Å². The van der Waals surface area contributed by atoms with E-state index in [1.165, 1.54) is 0 Å². The Morgan fingerprint density at radius 3 is 2.91 bits per heavy atom. The van der Waals surface area contributed by atoms with Gasteiger partial charge in [0.15, 0.2) is 0 Å². The van der Waals surface area contributed by atoms with Crippen molar-refractivity contribution in [2.45, 2.75) is 18.8 Å². The van der Waals surface area contributed by atoms with Crippen LogP contribution in [0.4, 0.5) is 5.69 Å². The van der Waals surface area contributed by atoms with Gasteiger partial charge in [-0.3, -0.25) is 9.59 Å². The number of hydrogen-bond donors (Lipinski definition) is 4. The second-order valence-corrected chi connectivity index (χ2v) is 5.56. The average molecular weight is 312 g/mol. The normalized spacial score (nSPS) is 17.0. The Balaban J connectivity index is 1.69. The van der Waals surface area contributed by atoms with E-state index in [2.05, 4.69) is 15.3 Å². The van der Waals surface area contributed by atoms with Gasteiger partial charge in [-0.25, -0.2) is 4.98 Å². The van der Waals surface area contributed by atoms with Crippen LogP contribution < -0.4 is 16.8 Å². The average Bonchev–Trinajstić information content (AvgIpc) is 3.13. The minimum Gasteiger partial charge on any atom is -0.399 e. The van der Waals surface area contributed by atoms with Gasteiger partial charge in [0.1, 0.15) is 0 Å². The molecule has 1 aliphatic carbocycles. The van der Waals surface area contributed by atoms with Crippen LogP contribution >= 0.6 is 0 Å². The van der Waals surface area contributed by atoms with Crippen molar-refractivity contribution in [3.05, 3.63) is 53.5 Å². The molecule has 1 aromatic carbocycles. The van der Waals surface area contributed by atoms with Crippen molar-refractivity contribution in [1.29, 1.82) is 0 Å². The molecule has 6 N–H and O–H groups in total. The number of nitrogens with two attached hydrogens (primary N) is 2. The molecular formula is C16H18N5O2. The molecule has 0 saturated carbocycles. The summed E-state index contributed by atoms with van der Waals surface area (Å²) in [6.45, 7) is 0.442. The second kappa shape index (κ2) is 6.12. The number of aromatic nitrogens is 2. The van der Waals surface area contributed by atoms with Gasteiger partial charge in [-0.05, 0) is 29.7 Å². The van der Waals surface area contributed by atoms with Crippen LogP contribution in [-0.4, -0.2) is 28.3 Å². The summed E-state index contributed by atoms with van der Waals surface area (Å²) in [5.74, 6) is -0.985. The number of carbonyl (C=O) groups excluding carboxylic acids is 2. The molecule has 1 aromatic heterocycles. The Hall–Kier alpha value is -2.83. The summed E-state index contributed by atoms with van der Waals surface area (Å²) in [7, 11) is 0. The first-order chi connectivity index (χ1) is 11.1. The summed E-state index contributed by atoms with van der Waals surface area (Å²) >= 11 is 0. The third kappa shape index (κ3) is 3.03. The van der Waals surface area contributed by atoms with Crippen LogP contribution in [0.3, 0.4) is 0 Å². The molecule has 0 bridgehead atoms. The maximum Gasteiger partial charge on any atom is 0.228 e. The quantitative estimate of drug-likeness (QED) is 0.582. The molecule has 119 valence electrons. The third-order valence-electron chi connectivity index (χ3n) is 4.01. The zero-order valence-electron chi connectivity index (χ0n) is 12.5. The molecule has 1 heterocycles.